The third-order valence-electron chi connectivity index (χ3n) is 2.74. The molecule has 1 aliphatic heterocycles. The van der Waals surface area contributed by atoms with Crippen molar-refractivity contribution in [2.75, 3.05) is 5.32 Å². The second-order valence-corrected chi connectivity index (χ2v) is 4.17. The van der Waals surface area contributed by atoms with Crippen molar-refractivity contribution in [2.45, 2.75) is 25.9 Å². The Kier molecular flexibility index (Phi) is 3.63. The summed E-state index contributed by atoms with van der Waals surface area (Å²) >= 11 is 0. The molecule has 1 aliphatic rings. The van der Waals surface area contributed by atoms with E-state index in [0.717, 1.165) is 24.1 Å². The highest BCUT2D eigenvalue weighted by Crippen LogP contribution is 2.30. The lowest BCUT2D eigenvalue weighted by atomic mass is 10.0. The second kappa shape index (κ2) is 5.37. The number of benzene rings is 1. The van der Waals surface area contributed by atoms with Gasteiger partial charge in [-0.3, -0.25) is 4.79 Å². The van der Waals surface area contributed by atoms with E-state index < -0.39 is 0 Å². The van der Waals surface area contributed by atoms with Gasteiger partial charge in [-0.05, 0) is 36.6 Å². The minimum absolute atomic E-state index is 0.0731. The van der Waals surface area contributed by atoms with E-state index in [1.54, 1.807) is 0 Å². The van der Waals surface area contributed by atoms with Crippen LogP contribution >= 0.6 is 0 Å². The summed E-state index contributed by atoms with van der Waals surface area (Å²) in [4.78, 5) is 10.9. The molecule has 2 rings (SSSR count). The normalized spacial score (nSPS) is 18.2. The SMILES string of the molecule is CC(=O)Nc1ccc([C@H]2CCC=C(C#N)O2)cc1. The fraction of sp³-hybridized carbons (Fsp3) is 0.286. The number of amides is 1. The first-order chi connectivity index (χ1) is 8.69. The van der Waals surface area contributed by atoms with Gasteiger partial charge in [0.15, 0.2) is 5.76 Å². The lowest BCUT2D eigenvalue weighted by molar-refractivity contribution is -0.114. The summed E-state index contributed by atoms with van der Waals surface area (Å²) < 4.78 is 5.56. The van der Waals surface area contributed by atoms with Gasteiger partial charge in [-0.15, -0.1) is 0 Å². The van der Waals surface area contributed by atoms with Crippen LogP contribution in [0, 0.1) is 11.3 Å². The lowest BCUT2D eigenvalue weighted by Crippen LogP contribution is -2.09. The molecule has 0 fully saturated rings. The van der Waals surface area contributed by atoms with Gasteiger partial charge in [0.25, 0.3) is 0 Å². The largest absolute Gasteiger partial charge is 0.476 e. The molecule has 92 valence electrons. The van der Waals surface area contributed by atoms with Gasteiger partial charge in [-0.25, -0.2) is 0 Å². The molecule has 1 amide bonds. The molecule has 1 atom stereocenters. The predicted molar refractivity (Wildman–Crippen MR) is 67.5 cm³/mol. The lowest BCUT2D eigenvalue weighted by Gasteiger charge is -2.22. The van der Waals surface area contributed by atoms with Crippen molar-refractivity contribution in [1.29, 1.82) is 5.26 Å². The second-order valence-electron chi connectivity index (χ2n) is 4.17. The van der Waals surface area contributed by atoms with Gasteiger partial charge in [-0.2, -0.15) is 5.26 Å². The number of nitriles is 1. The van der Waals surface area contributed by atoms with Crippen molar-refractivity contribution in [3.63, 3.8) is 0 Å². The van der Waals surface area contributed by atoms with Crippen LogP contribution in [-0.4, -0.2) is 5.91 Å². The summed E-state index contributed by atoms with van der Waals surface area (Å²) in [7, 11) is 0. The third kappa shape index (κ3) is 2.89. The van der Waals surface area contributed by atoms with Crippen LogP contribution in [0.3, 0.4) is 0 Å². The number of rotatable bonds is 2. The van der Waals surface area contributed by atoms with E-state index >= 15 is 0 Å². The fourth-order valence-corrected chi connectivity index (χ4v) is 1.92. The summed E-state index contributed by atoms with van der Waals surface area (Å²) in [6, 6.07) is 9.52. The molecule has 4 nitrogen and oxygen atoms in total. The first-order valence-corrected chi connectivity index (χ1v) is 5.83. The van der Waals surface area contributed by atoms with Gasteiger partial charge in [0.1, 0.15) is 12.2 Å². The summed E-state index contributed by atoms with van der Waals surface area (Å²) in [5, 5.41) is 11.5. The van der Waals surface area contributed by atoms with Crippen LogP contribution in [0.1, 0.15) is 31.4 Å². The Hall–Kier alpha value is -2.28. The third-order valence-corrected chi connectivity index (χ3v) is 2.74. The Bertz CT molecular complexity index is 512. The molecular weight excluding hydrogens is 228 g/mol. The number of carbonyl (C=O) groups is 1. The molecular formula is C14H14N2O2. The minimum atomic E-state index is -0.0913. The van der Waals surface area contributed by atoms with E-state index in [1.165, 1.54) is 6.92 Å². The molecule has 0 saturated carbocycles. The van der Waals surface area contributed by atoms with E-state index in [9.17, 15) is 4.79 Å². The van der Waals surface area contributed by atoms with Crippen molar-refractivity contribution in [3.8, 4) is 6.07 Å². The van der Waals surface area contributed by atoms with E-state index in [-0.39, 0.29) is 12.0 Å². The molecule has 1 N–H and O–H groups in total. The summed E-state index contributed by atoms with van der Waals surface area (Å²) in [5.74, 6) is 0.295. The van der Waals surface area contributed by atoms with Crippen LogP contribution in [-0.2, 0) is 9.53 Å². The zero-order chi connectivity index (χ0) is 13.0. The van der Waals surface area contributed by atoms with Gasteiger partial charge >= 0.3 is 0 Å². The number of hydrogen-bond acceptors (Lipinski definition) is 3. The number of ether oxygens (including phenoxy) is 1. The molecule has 0 spiro atoms. The van der Waals surface area contributed by atoms with Gasteiger partial charge in [0, 0.05) is 12.6 Å². The number of nitrogens with zero attached hydrogens (tertiary/aromatic N) is 1. The highest BCUT2D eigenvalue weighted by Gasteiger charge is 2.18. The van der Waals surface area contributed by atoms with Crippen LogP contribution in [0.2, 0.25) is 0 Å². The molecule has 0 saturated heterocycles. The van der Waals surface area contributed by atoms with E-state index in [1.807, 2.05) is 36.4 Å². The number of allylic oxidation sites excluding steroid dienone is 2. The maximum absolute atomic E-state index is 10.9. The summed E-state index contributed by atoms with van der Waals surface area (Å²) in [6.45, 7) is 1.47. The molecule has 4 heteroatoms. The smallest absolute Gasteiger partial charge is 0.221 e. The van der Waals surface area contributed by atoms with Crippen LogP contribution < -0.4 is 5.32 Å². The maximum Gasteiger partial charge on any atom is 0.221 e. The average molecular weight is 242 g/mol. The van der Waals surface area contributed by atoms with Crippen molar-refractivity contribution in [1.82, 2.24) is 0 Å². The van der Waals surface area contributed by atoms with Gasteiger partial charge in [0.05, 0.1) is 0 Å². The maximum atomic E-state index is 10.9. The average Bonchev–Trinajstić information content (AvgIpc) is 2.39. The molecule has 18 heavy (non-hydrogen) atoms. The van der Waals surface area contributed by atoms with Gasteiger partial charge < -0.3 is 10.1 Å². The van der Waals surface area contributed by atoms with Crippen LogP contribution in [0.5, 0.6) is 0 Å². The Morgan fingerprint density at radius 3 is 2.78 bits per heavy atom. The topological polar surface area (TPSA) is 62.1 Å². The molecule has 1 heterocycles. The summed E-state index contributed by atoms with van der Waals surface area (Å²) in [5.41, 5.74) is 1.78. The Morgan fingerprint density at radius 1 is 1.44 bits per heavy atom. The zero-order valence-electron chi connectivity index (χ0n) is 10.1. The highest BCUT2D eigenvalue weighted by molar-refractivity contribution is 5.88. The minimum Gasteiger partial charge on any atom is -0.476 e. The molecule has 0 bridgehead atoms. The first kappa shape index (κ1) is 12.2. The number of carbonyl (C=O) groups excluding carboxylic acids is 1. The van der Waals surface area contributed by atoms with Crippen molar-refractivity contribution in [3.05, 3.63) is 41.7 Å². The first-order valence-electron chi connectivity index (χ1n) is 5.83. The monoisotopic (exact) mass is 242 g/mol. The standard InChI is InChI=1S/C14H14N2O2/c1-10(17)16-12-7-5-11(6-8-12)14-4-2-3-13(9-15)18-14/h3,5-8,14H,2,4H2,1H3,(H,16,17)/t14-/m1/s1. The highest BCUT2D eigenvalue weighted by atomic mass is 16.5. The van der Waals surface area contributed by atoms with Gasteiger partial charge in [-0.1, -0.05) is 12.1 Å². The van der Waals surface area contributed by atoms with Crippen LogP contribution in [0.4, 0.5) is 5.69 Å². The van der Waals surface area contributed by atoms with Crippen LogP contribution in [0.15, 0.2) is 36.1 Å². The zero-order valence-corrected chi connectivity index (χ0v) is 10.1. The Balaban J connectivity index is 2.08. The number of nitrogens with one attached hydrogen (secondary N) is 1. The van der Waals surface area contributed by atoms with Crippen molar-refractivity contribution < 1.29 is 9.53 Å². The number of anilines is 1. The molecule has 0 aliphatic carbocycles. The van der Waals surface area contributed by atoms with Crippen molar-refractivity contribution >= 4 is 11.6 Å². The van der Waals surface area contributed by atoms with E-state index in [2.05, 4.69) is 5.32 Å². The quantitative estimate of drug-likeness (QED) is 0.867. The fourth-order valence-electron chi connectivity index (χ4n) is 1.92. The van der Waals surface area contributed by atoms with E-state index in [0.29, 0.717) is 5.76 Å². The molecule has 0 unspecified atom stereocenters. The molecule has 0 aromatic heterocycles. The Morgan fingerprint density at radius 2 is 2.17 bits per heavy atom. The molecule has 1 aromatic carbocycles. The number of hydrogen-bond donors (Lipinski definition) is 1. The van der Waals surface area contributed by atoms with Gasteiger partial charge in [0.2, 0.25) is 5.91 Å². The molecule has 0 radical (unpaired) electrons. The van der Waals surface area contributed by atoms with Crippen molar-refractivity contribution in [2.24, 2.45) is 0 Å². The Labute approximate surface area is 106 Å². The van der Waals surface area contributed by atoms with Crippen LogP contribution in [0.25, 0.3) is 0 Å². The predicted octanol–water partition coefficient (Wildman–Crippen LogP) is 2.90. The molecule has 1 aromatic rings. The summed E-state index contributed by atoms with van der Waals surface area (Å²) in [6.07, 6.45) is 3.45. The van der Waals surface area contributed by atoms with E-state index in [4.69, 9.17) is 10.00 Å².